The largest absolute Gasteiger partial charge is 0.400 e. The van der Waals surface area contributed by atoms with E-state index in [1.165, 1.54) is 0 Å². The Kier molecular flexibility index (Phi) is 349. The van der Waals surface area contributed by atoms with Gasteiger partial charge in [0.05, 0.1) is 0 Å². The summed E-state index contributed by atoms with van der Waals surface area (Å²) in [5.74, 6) is 0. The van der Waals surface area contributed by atoms with Gasteiger partial charge in [-0.25, -0.2) is 0 Å². The van der Waals surface area contributed by atoms with E-state index in [2.05, 4.69) is 0 Å². The maximum absolute atomic E-state index is 8.06. The molecule has 0 aliphatic rings. The van der Waals surface area contributed by atoms with E-state index < -0.39 is 0 Å². The molecule has 9 N–H and O–H groups in total. The van der Waals surface area contributed by atoms with Crippen LogP contribution in [0.5, 0.6) is 0 Å². The van der Waals surface area contributed by atoms with Crippen LogP contribution in [-0.4, -0.2) is 105 Å². The summed E-state index contributed by atoms with van der Waals surface area (Å²) in [5, 5.41) is 68.0. The van der Waals surface area contributed by atoms with Crippen molar-refractivity contribution >= 4 is 0 Å². The summed E-state index contributed by atoms with van der Waals surface area (Å²) in [6.45, 7) is 17.0. The molecule has 180 valence electrons. The molecule has 0 spiro atoms. The van der Waals surface area contributed by atoms with Crippen molar-refractivity contribution in [3.8, 4) is 0 Å². The quantitative estimate of drug-likeness (QED) is 0.263. The number of hydrogen-bond acceptors (Lipinski definition) is 9. The summed E-state index contributed by atoms with van der Waals surface area (Å²) in [4.78, 5) is 0. The van der Waals surface area contributed by atoms with Crippen LogP contribution < -0.4 is 0 Å². The van der Waals surface area contributed by atoms with Crippen molar-refractivity contribution in [2.45, 2.75) is 68.4 Å². The van der Waals surface area contributed by atoms with Crippen molar-refractivity contribution in [3.05, 3.63) is 0 Å². The molecule has 0 saturated heterocycles. The van der Waals surface area contributed by atoms with E-state index in [-0.39, 0.29) is 52.4 Å². The molecule has 0 heterocycles. The topological polar surface area (TPSA) is 182 Å². The molecule has 0 unspecified atom stereocenters. The molecular weight excluding hydrogens is 360 g/mol. The second kappa shape index (κ2) is 168. The van der Waals surface area contributed by atoms with Gasteiger partial charge in [0.2, 0.25) is 0 Å². The molecule has 0 aromatic carbocycles. The molecular formula is C18H54O9. The van der Waals surface area contributed by atoms with E-state index in [4.69, 9.17) is 46.0 Å². The van der Waals surface area contributed by atoms with Gasteiger partial charge in [-0.2, -0.15) is 0 Å². The number of aliphatic hydroxyl groups is 9. The summed E-state index contributed by atoms with van der Waals surface area (Å²) in [5.41, 5.74) is 0. The third-order valence-corrected chi connectivity index (χ3v) is 0. The summed E-state index contributed by atoms with van der Waals surface area (Å²) >= 11 is 0. The zero-order chi connectivity index (χ0) is 24.5. The summed E-state index contributed by atoms with van der Waals surface area (Å²) in [7, 11) is 1.00. The molecule has 0 bridgehead atoms. The molecule has 27 heavy (non-hydrogen) atoms. The molecule has 0 aromatic rings. The first-order chi connectivity index (χ1) is 12.6. The first-order valence-corrected chi connectivity index (χ1v) is 9.02. The second-order valence-electron chi connectivity index (χ2n) is 3.31. The zero-order valence-electron chi connectivity index (χ0n) is 19.6. The second-order valence-corrected chi connectivity index (χ2v) is 3.31. The van der Waals surface area contributed by atoms with Gasteiger partial charge in [0, 0.05) is 59.5 Å². The van der Waals surface area contributed by atoms with Crippen LogP contribution in [0, 0.1) is 0 Å². The van der Waals surface area contributed by atoms with E-state index in [1.54, 1.807) is 62.3 Å². The Labute approximate surface area is 168 Å². The molecule has 9 heteroatoms. The van der Waals surface area contributed by atoms with Crippen LogP contribution in [0.25, 0.3) is 0 Å². The van der Waals surface area contributed by atoms with Crippen molar-refractivity contribution in [2.24, 2.45) is 0 Å². The van der Waals surface area contributed by atoms with Gasteiger partial charge in [0.15, 0.2) is 0 Å². The fourth-order valence-electron chi connectivity index (χ4n) is 0. The lowest BCUT2D eigenvalue weighted by molar-refractivity contribution is 0.216. The van der Waals surface area contributed by atoms with Crippen LogP contribution in [0.4, 0.5) is 0 Å². The molecule has 0 rings (SSSR count). The van der Waals surface area contributed by atoms with Gasteiger partial charge in [-0.3, -0.25) is 0 Å². The SMILES string of the molecule is CC(C)O.CCO.CCO.CCO.CCO.CCO.CCO.CCO.CO. The minimum absolute atomic E-state index is 0.167. The maximum atomic E-state index is 8.06. The van der Waals surface area contributed by atoms with Crippen LogP contribution in [0.1, 0.15) is 62.3 Å². The standard InChI is InChI=1S/C3H8O.7C2H6O.CH4O/c1-3(2)4;7*1-2-3;1-2/h3-4H,1-2H3;7*3H,2H2,1H3;2H,1H3. The maximum Gasteiger partial charge on any atom is 0.0483 e. The highest BCUT2D eigenvalue weighted by Gasteiger charge is 1.69. The van der Waals surface area contributed by atoms with Crippen molar-refractivity contribution in [2.75, 3.05) is 53.4 Å². The van der Waals surface area contributed by atoms with Gasteiger partial charge in [0.25, 0.3) is 0 Å². The van der Waals surface area contributed by atoms with Crippen LogP contribution >= 0.6 is 0 Å². The van der Waals surface area contributed by atoms with Crippen molar-refractivity contribution in [1.82, 2.24) is 0 Å². The zero-order valence-corrected chi connectivity index (χ0v) is 19.6. The Morgan fingerprint density at radius 3 is 0.407 bits per heavy atom. The van der Waals surface area contributed by atoms with Crippen molar-refractivity contribution < 1.29 is 46.0 Å². The third-order valence-electron chi connectivity index (χ3n) is 0. The third kappa shape index (κ3) is 111000. The minimum Gasteiger partial charge on any atom is -0.400 e. The van der Waals surface area contributed by atoms with E-state index in [0.29, 0.717) is 0 Å². The molecule has 0 amide bonds. The first kappa shape index (κ1) is 56.3. The smallest absolute Gasteiger partial charge is 0.0483 e. The van der Waals surface area contributed by atoms with E-state index in [9.17, 15) is 0 Å². The molecule has 0 atom stereocenters. The molecule has 0 aliphatic carbocycles. The van der Waals surface area contributed by atoms with Gasteiger partial charge in [0.1, 0.15) is 0 Å². The van der Waals surface area contributed by atoms with E-state index >= 15 is 0 Å². The average Bonchev–Trinajstić information content (AvgIpc) is 2.53. The molecule has 9 nitrogen and oxygen atoms in total. The monoisotopic (exact) mass is 414 g/mol. The molecule has 0 fully saturated rings. The average molecular weight is 415 g/mol. The van der Waals surface area contributed by atoms with Gasteiger partial charge >= 0.3 is 0 Å². The lowest BCUT2D eigenvalue weighted by Gasteiger charge is -1.80. The Bertz CT molecular complexity index is 66.8. The Hall–Kier alpha value is -0.360. The van der Waals surface area contributed by atoms with Gasteiger partial charge in [-0.15, -0.1) is 0 Å². The summed E-state index contributed by atoms with van der Waals surface area (Å²) in [6.07, 6.45) is -0.167. The van der Waals surface area contributed by atoms with Crippen LogP contribution in [-0.2, 0) is 0 Å². The van der Waals surface area contributed by atoms with E-state index in [0.717, 1.165) is 7.11 Å². The summed E-state index contributed by atoms with van der Waals surface area (Å²) in [6, 6.07) is 0. The number of aliphatic hydroxyl groups excluding tert-OH is 9. The van der Waals surface area contributed by atoms with Gasteiger partial charge in [-0.05, 0) is 62.3 Å². The normalized spacial score (nSPS) is 6.22. The van der Waals surface area contributed by atoms with Crippen molar-refractivity contribution in [3.63, 3.8) is 0 Å². The Morgan fingerprint density at radius 1 is 0.407 bits per heavy atom. The Morgan fingerprint density at radius 2 is 0.407 bits per heavy atom. The lowest BCUT2D eigenvalue weighted by atomic mass is 10.5. The summed E-state index contributed by atoms with van der Waals surface area (Å²) < 4.78 is 0. The van der Waals surface area contributed by atoms with Crippen molar-refractivity contribution in [1.29, 1.82) is 0 Å². The predicted octanol–water partition coefficient (Wildman–Crippen LogP) is -0.0142. The molecule has 0 radical (unpaired) electrons. The first-order valence-electron chi connectivity index (χ1n) is 9.02. The highest BCUT2D eigenvalue weighted by atomic mass is 16.3. The molecule has 0 aromatic heterocycles. The number of hydrogen-bond donors (Lipinski definition) is 9. The lowest BCUT2D eigenvalue weighted by Crippen LogP contribution is -1.85. The minimum atomic E-state index is -0.167. The Balaban J connectivity index is -0.0000000194. The predicted molar refractivity (Wildman–Crippen MR) is 115 cm³/mol. The molecule has 0 saturated carbocycles. The van der Waals surface area contributed by atoms with Gasteiger partial charge in [-0.1, -0.05) is 0 Å². The fraction of sp³-hybridized carbons (Fsp3) is 1.00. The van der Waals surface area contributed by atoms with Crippen LogP contribution in [0.15, 0.2) is 0 Å². The van der Waals surface area contributed by atoms with Gasteiger partial charge < -0.3 is 46.0 Å². The van der Waals surface area contributed by atoms with E-state index in [1.807, 2.05) is 0 Å². The highest BCUT2D eigenvalue weighted by Crippen LogP contribution is 1.65. The molecule has 0 aliphatic heterocycles. The fourth-order valence-corrected chi connectivity index (χ4v) is 0. The highest BCUT2D eigenvalue weighted by molar-refractivity contribution is 4.20. The van der Waals surface area contributed by atoms with Crippen LogP contribution in [0.2, 0.25) is 0 Å². The van der Waals surface area contributed by atoms with Crippen LogP contribution in [0.3, 0.4) is 0 Å². The number of rotatable bonds is 0.